The zero-order valence-corrected chi connectivity index (χ0v) is 23.1. The van der Waals surface area contributed by atoms with E-state index in [-0.39, 0.29) is 17.7 Å². The summed E-state index contributed by atoms with van der Waals surface area (Å²) in [6.45, 7) is 4.23. The molecule has 0 aliphatic heterocycles. The Bertz CT molecular complexity index is 1160. The van der Waals surface area contributed by atoms with Crippen molar-refractivity contribution in [1.82, 2.24) is 0 Å². The van der Waals surface area contributed by atoms with Gasteiger partial charge in [-0.15, -0.1) is 0 Å². The van der Waals surface area contributed by atoms with Crippen LogP contribution in [0, 0.1) is 23.5 Å². The van der Waals surface area contributed by atoms with E-state index in [1.807, 2.05) is 19.1 Å². The maximum Gasteiger partial charge on any atom is 0.397 e. The summed E-state index contributed by atoms with van der Waals surface area (Å²) in [6, 6.07) is 15.6. The molecule has 0 atom stereocenters. The molecule has 39 heavy (non-hydrogen) atoms. The Kier molecular flexibility index (Phi) is 10.1. The number of rotatable bonds is 12. The standard InChI is InChI=1S/C34H40F4O/c1-3-5-6-7-25-8-10-26(11-9-25)20-21-34(37,38)39-30-18-16-27(17-19-30)29-22-31(35)33(32(36)23-29)28-14-12-24(4-2)13-15-28/h12-19,22-23,25-26H,3-11,20-21H2,1-2H3. The summed E-state index contributed by atoms with van der Waals surface area (Å²) in [6.07, 6.45) is 7.13. The van der Waals surface area contributed by atoms with Crippen LogP contribution in [-0.2, 0) is 6.42 Å². The summed E-state index contributed by atoms with van der Waals surface area (Å²) < 4.78 is 64.1. The minimum Gasteiger partial charge on any atom is -0.433 e. The first-order valence-electron chi connectivity index (χ1n) is 14.5. The lowest BCUT2D eigenvalue weighted by Gasteiger charge is -2.29. The van der Waals surface area contributed by atoms with Crippen LogP contribution >= 0.6 is 0 Å². The molecule has 5 heteroatoms. The summed E-state index contributed by atoms with van der Waals surface area (Å²) >= 11 is 0. The Morgan fingerprint density at radius 2 is 1.28 bits per heavy atom. The number of aryl methyl sites for hydroxylation is 1. The highest BCUT2D eigenvalue weighted by Crippen LogP contribution is 2.37. The molecule has 1 nitrogen and oxygen atoms in total. The van der Waals surface area contributed by atoms with E-state index in [4.69, 9.17) is 4.74 Å². The highest BCUT2D eigenvalue weighted by Gasteiger charge is 2.33. The third-order valence-electron chi connectivity index (χ3n) is 8.17. The second-order valence-corrected chi connectivity index (χ2v) is 11.1. The van der Waals surface area contributed by atoms with Crippen molar-refractivity contribution in [2.75, 3.05) is 0 Å². The van der Waals surface area contributed by atoms with Gasteiger partial charge in [-0.2, -0.15) is 8.78 Å². The quantitative estimate of drug-likeness (QED) is 0.164. The summed E-state index contributed by atoms with van der Waals surface area (Å²) in [7, 11) is 0. The molecule has 3 aromatic carbocycles. The van der Waals surface area contributed by atoms with Gasteiger partial charge in [-0.25, -0.2) is 8.78 Å². The van der Waals surface area contributed by atoms with Crippen molar-refractivity contribution in [3.63, 3.8) is 0 Å². The highest BCUT2D eigenvalue weighted by atomic mass is 19.3. The molecule has 1 aliphatic rings. The smallest absolute Gasteiger partial charge is 0.397 e. The predicted molar refractivity (Wildman–Crippen MR) is 151 cm³/mol. The third-order valence-corrected chi connectivity index (χ3v) is 8.17. The molecule has 210 valence electrons. The molecule has 0 saturated heterocycles. The number of benzene rings is 3. The van der Waals surface area contributed by atoms with Gasteiger partial charge in [0, 0.05) is 0 Å². The maximum atomic E-state index is 14.9. The van der Waals surface area contributed by atoms with Crippen molar-refractivity contribution in [2.24, 2.45) is 11.8 Å². The van der Waals surface area contributed by atoms with Crippen molar-refractivity contribution in [3.8, 4) is 28.0 Å². The summed E-state index contributed by atoms with van der Waals surface area (Å²) in [5.74, 6) is -0.209. The van der Waals surface area contributed by atoms with E-state index in [1.54, 1.807) is 24.3 Å². The summed E-state index contributed by atoms with van der Waals surface area (Å²) in [5, 5.41) is 0. The third kappa shape index (κ3) is 8.09. The Labute approximate surface area is 230 Å². The van der Waals surface area contributed by atoms with Gasteiger partial charge in [0.25, 0.3) is 0 Å². The molecule has 0 unspecified atom stereocenters. The molecule has 3 aromatic rings. The second-order valence-electron chi connectivity index (χ2n) is 11.1. The molecule has 0 spiro atoms. The van der Waals surface area contributed by atoms with E-state index in [1.165, 1.54) is 49.9 Å². The normalized spacial score (nSPS) is 17.8. The minimum absolute atomic E-state index is 0.0389. The fourth-order valence-corrected chi connectivity index (χ4v) is 5.73. The summed E-state index contributed by atoms with van der Waals surface area (Å²) in [5.41, 5.74) is 2.34. The molecule has 0 heterocycles. The number of halogens is 4. The molecular formula is C34H40F4O. The first-order chi connectivity index (χ1) is 18.8. The van der Waals surface area contributed by atoms with E-state index in [0.717, 1.165) is 43.6 Å². The Hall–Kier alpha value is -2.82. The number of alkyl halides is 2. The molecule has 1 fully saturated rings. The first kappa shape index (κ1) is 29.2. The number of ether oxygens (including phenoxy) is 1. The Morgan fingerprint density at radius 3 is 1.85 bits per heavy atom. The molecule has 0 N–H and O–H groups in total. The van der Waals surface area contributed by atoms with Crippen LogP contribution in [0.25, 0.3) is 22.3 Å². The first-order valence-corrected chi connectivity index (χ1v) is 14.5. The van der Waals surface area contributed by atoms with Gasteiger partial charge in [-0.3, -0.25) is 0 Å². The van der Waals surface area contributed by atoms with Gasteiger partial charge in [0.1, 0.15) is 17.4 Å². The van der Waals surface area contributed by atoms with Gasteiger partial charge in [-0.05, 0) is 71.2 Å². The second kappa shape index (κ2) is 13.5. The number of unbranched alkanes of at least 4 members (excludes halogenated alkanes) is 2. The lowest BCUT2D eigenvalue weighted by Crippen LogP contribution is -2.26. The van der Waals surface area contributed by atoms with Crippen LogP contribution in [-0.4, -0.2) is 6.11 Å². The predicted octanol–water partition coefficient (Wildman–Crippen LogP) is 11.0. The van der Waals surface area contributed by atoms with Gasteiger partial charge in [-0.1, -0.05) is 102 Å². The molecular weight excluding hydrogens is 500 g/mol. The minimum atomic E-state index is -3.26. The molecule has 1 saturated carbocycles. The van der Waals surface area contributed by atoms with Gasteiger partial charge in [0.15, 0.2) is 0 Å². The van der Waals surface area contributed by atoms with Crippen LogP contribution in [0.1, 0.15) is 83.6 Å². The molecule has 0 aromatic heterocycles. The monoisotopic (exact) mass is 540 g/mol. The van der Waals surface area contributed by atoms with E-state index in [2.05, 4.69) is 6.92 Å². The summed E-state index contributed by atoms with van der Waals surface area (Å²) in [4.78, 5) is 0. The zero-order valence-electron chi connectivity index (χ0n) is 23.1. The van der Waals surface area contributed by atoms with Gasteiger partial charge in [0.05, 0.1) is 12.0 Å². The van der Waals surface area contributed by atoms with Crippen molar-refractivity contribution in [3.05, 3.63) is 77.9 Å². The maximum absolute atomic E-state index is 14.9. The van der Waals surface area contributed by atoms with Crippen molar-refractivity contribution >= 4 is 0 Å². The zero-order chi connectivity index (χ0) is 27.8. The Balaban J connectivity index is 1.32. The average Bonchev–Trinajstić information content (AvgIpc) is 2.93. The molecule has 4 rings (SSSR count). The van der Waals surface area contributed by atoms with E-state index in [9.17, 15) is 17.6 Å². The van der Waals surface area contributed by atoms with Crippen molar-refractivity contribution in [2.45, 2.75) is 90.6 Å². The lowest BCUT2D eigenvalue weighted by molar-refractivity contribution is -0.183. The van der Waals surface area contributed by atoms with Crippen molar-refractivity contribution in [1.29, 1.82) is 0 Å². The fraction of sp³-hybridized carbons (Fsp3) is 0.471. The van der Waals surface area contributed by atoms with Crippen LogP contribution in [0.3, 0.4) is 0 Å². The van der Waals surface area contributed by atoms with E-state index < -0.39 is 17.7 Å². The van der Waals surface area contributed by atoms with E-state index in [0.29, 0.717) is 29.0 Å². The van der Waals surface area contributed by atoms with Crippen LogP contribution in [0.5, 0.6) is 5.75 Å². The van der Waals surface area contributed by atoms with E-state index >= 15 is 0 Å². The highest BCUT2D eigenvalue weighted by molar-refractivity contribution is 5.72. The van der Waals surface area contributed by atoms with Crippen LogP contribution < -0.4 is 4.74 Å². The van der Waals surface area contributed by atoms with Gasteiger partial charge >= 0.3 is 6.11 Å². The lowest BCUT2D eigenvalue weighted by atomic mass is 9.78. The van der Waals surface area contributed by atoms with Gasteiger partial charge < -0.3 is 4.74 Å². The number of hydrogen-bond donors (Lipinski definition) is 0. The Morgan fingerprint density at radius 1 is 0.718 bits per heavy atom. The molecule has 0 bridgehead atoms. The SMILES string of the molecule is CCCCCC1CCC(CCC(F)(F)Oc2ccc(-c3cc(F)c(-c4ccc(CC)cc4)c(F)c3)cc2)CC1. The molecule has 0 amide bonds. The van der Waals surface area contributed by atoms with Crippen LogP contribution in [0.15, 0.2) is 60.7 Å². The van der Waals surface area contributed by atoms with Gasteiger partial charge in [0.2, 0.25) is 0 Å². The topological polar surface area (TPSA) is 9.23 Å². The van der Waals surface area contributed by atoms with Crippen LogP contribution in [0.2, 0.25) is 0 Å². The molecule has 1 aliphatic carbocycles. The van der Waals surface area contributed by atoms with Crippen molar-refractivity contribution < 1.29 is 22.3 Å². The average molecular weight is 541 g/mol. The fourth-order valence-electron chi connectivity index (χ4n) is 5.73. The largest absolute Gasteiger partial charge is 0.433 e. The number of hydrogen-bond acceptors (Lipinski definition) is 1. The van der Waals surface area contributed by atoms with Crippen LogP contribution in [0.4, 0.5) is 17.6 Å². The molecule has 0 radical (unpaired) electrons.